The molecule has 0 aliphatic heterocycles. The first kappa shape index (κ1) is 12.3. The lowest BCUT2D eigenvalue weighted by Crippen LogP contribution is -2.42. The van der Waals surface area contributed by atoms with E-state index in [2.05, 4.69) is 10.3 Å². The fraction of sp³-hybridized carbons (Fsp3) is 0.909. The lowest BCUT2D eigenvalue weighted by molar-refractivity contribution is 0.0903. The molecule has 1 aliphatic carbocycles. The molecule has 15 heavy (non-hydrogen) atoms. The molecule has 1 fully saturated rings. The van der Waals surface area contributed by atoms with Crippen LogP contribution in [-0.2, 0) is 0 Å². The van der Waals surface area contributed by atoms with Gasteiger partial charge >= 0.3 is 0 Å². The van der Waals surface area contributed by atoms with Crippen LogP contribution in [0.15, 0.2) is 4.99 Å². The summed E-state index contributed by atoms with van der Waals surface area (Å²) in [6.45, 7) is 3.80. The van der Waals surface area contributed by atoms with Crippen molar-refractivity contribution in [3.8, 4) is 0 Å². The maximum atomic E-state index is 9.48. The Morgan fingerprint density at radius 3 is 2.53 bits per heavy atom. The van der Waals surface area contributed by atoms with E-state index < -0.39 is 5.60 Å². The Hall–Kier alpha value is -0.770. The van der Waals surface area contributed by atoms with Crippen molar-refractivity contribution in [3.63, 3.8) is 0 Å². The highest BCUT2D eigenvalue weighted by Gasteiger charge is 2.15. The summed E-state index contributed by atoms with van der Waals surface area (Å²) in [4.78, 5) is 4.12. The largest absolute Gasteiger partial charge is 0.389 e. The molecular weight excluding hydrogens is 190 g/mol. The van der Waals surface area contributed by atoms with Gasteiger partial charge in [-0.2, -0.15) is 0 Å². The molecule has 0 radical (unpaired) electrons. The van der Waals surface area contributed by atoms with E-state index in [0.29, 0.717) is 18.5 Å². The summed E-state index contributed by atoms with van der Waals surface area (Å²) in [5.41, 5.74) is 4.96. The molecule has 0 atom stereocenters. The molecule has 0 unspecified atom stereocenters. The fourth-order valence-electron chi connectivity index (χ4n) is 1.78. The molecular formula is C11H23N3O. The minimum absolute atomic E-state index is 0.346. The third-order valence-electron chi connectivity index (χ3n) is 2.59. The summed E-state index contributed by atoms with van der Waals surface area (Å²) < 4.78 is 0. The van der Waals surface area contributed by atoms with Crippen molar-refractivity contribution >= 4 is 5.96 Å². The van der Waals surface area contributed by atoms with Crippen LogP contribution >= 0.6 is 0 Å². The second-order valence-corrected chi connectivity index (χ2v) is 4.99. The average molecular weight is 213 g/mol. The highest BCUT2D eigenvalue weighted by molar-refractivity contribution is 5.78. The molecule has 4 nitrogen and oxygen atoms in total. The monoisotopic (exact) mass is 213 g/mol. The van der Waals surface area contributed by atoms with Crippen LogP contribution in [-0.4, -0.2) is 29.3 Å². The Morgan fingerprint density at radius 2 is 2.00 bits per heavy atom. The van der Waals surface area contributed by atoms with Gasteiger partial charge in [0.2, 0.25) is 0 Å². The van der Waals surface area contributed by atoms with Gasteiger partial charge in [-0.3, -0.25) is 4.99 Å². The summed E-state index contributed by atoms with van der Waals surface area (Å²) in [5.74, 6) is 0.462. The summed E-state index contributed by atoms with van der Waals surface area (Å²) >= 11 is 0. The number of guanidine groups is 1. The minimum atomic E-state index is -0.779. The van der Waals surface area contributed by atoms with Crippen LogP contribution in [0.2, 0.25) is 0 Å². The molecule has 0 spiro atoms. The van der Waals surface area contributed by atoms with Gasteiger partial charge in [0.25, 0.3) is 0 Å². The number of aliphatic hydroxyl groups is 1. The van der Waals surface area contributed by atoms with E-state index in [1.54, 1.807) is 13.8 Å². The van der Waals surface area contributed by atoms with Crippen LogP contribution in [0, 0.1) is 0 Å². The zero-order chi connectivity index (χ0) is 11.3. The second-order valence-electron chi connectivity index (χ2n) is 4.99. The summed E-state index contributed by atoms with van der Waals surface area (Å²) in [7, 11) is 0. The lowest BCUT2D eigenvalue weighted by Gasteiger charge is -2.23. The normalized spacial score (nSPS) is 20.3. The SMILES string of the molecule is CC(C)(O)CN=C(N)NC1CCCCC1. The maximum Gasteiger partial charge on any atom is 0.188 e. The first-order valence-corrected chi connectivity index (χ1v) is 5.76. The van der Waals surface area contributed by atoms with E-state index in [-0.39, 0.29) is 0 Å². The van der Waals surface area contributed by atoms with Crippen molar-refractivity contribution in [2.75, 3.05) is 6.54 Å². The number of nitrogens with zero attached hydrogens (tertiary/aromatic N) is 1. The van der Waals surface area contributed by atoms with Crippen LogP contribution in [0.25, 0.3) is 0 Å². The molecule has 0 aromatic carbocycles. The molecule has 4 N–H and O–H groups in total. The third-order valence-corrected chi connectivity index (χ3v) is 2.59. The van der Waals surface area contributed by atoms with Crippen molar-refractivity contribution in [2.45, 2.75) is 57.6 Å². The van der Waals surface area contributed by atoms with Gasteiger partial charge < -0.3 is 16.2 Å². The topological polar surface area (TPSA) is 70.6 Å². The van der Waals surface area contributed by atoms with Crippen molar-refractivity contribution in [3.05, 3.63) is 0 Å². The van der Waals surface area contributed by atoms with Gasteiger partial charge in [0, 0.05) is 6.04 Å². The molecule has 0 saturated heterocycles. The van der Waals surface area contributed by atoms with Gasteiger partial charge in [-0.25, -0.2) is 0 Å². The average Bonchev–Trinajstić information content (AvgIpc) is 2.15. The zero-order valence-corrected chi connectivity index (χ0v) is 9.79. The molecule has 0 aromatic rings. The zero-order valence-electron chi connectivity index (χ0n) is 9.79. The van der Waals surface area contributed by atoms with Gasteiger partial charge in [0.15, 0.2) is 5.96 Å². The third kappa shape index (κ3) is 5.62. The summed E-state index contributed by atoms with van der Waals surface area (Å²) in [6, 6.07) is 0.476. The standard InChI is InChI=1S/C11H23N3O/c1-11(2,15)8-13-10(12)14-9-6-4-3-5-7-9/h9,15H,3-8H2,1-2H3,(H3,12,13,14). The second kappa shape index (κ2) is 5.35. The molecule has 0 heterocycles. The Labute approximate surface area is 92.0 Å². The van der Waals surface area contributed by atoms with Crippen LogP contribution in [0.3, 0.4) is 0 Å². The van der Waals surface area contributed by atoms with Gasteiger partial charge in [-0.1, -0.05) is 19.3 Å². The van der Waals surface area contributed by atoms with Gasteiger partial charge in [-0.05, 0) is 26.7 Å². The van der Waals surface area contributed by atoms with Crippen molar-refractivity contribution < 1.29 is 5.11 Å². The lowest BCUT2D eigenvalue weighted by atomic mass is 9.96. The molecule has 0 bridgehead atoms. The molecule has 0 aromatic heterocycles. The minimum Gasteiger partial charge on any atom is -0.389 e. The number of rotatable bonds is 3. The molecule has 4 heteroatoms. The van der Waals surface area contributed by atoms with Crippen LogP contribution in [0.5, 0.6) is 0 Å². The Bertz CT molecular complexity index is 214. The molecule has 1 rings (SSSR count). The Balaban J connectivity index is 2.30. The highest BCUT2D eigenvalue weighted by atomic mass is 16.3. The van der Waals surface area contributed by atoms with Crippen LogP contribution < -0.4 is 11.1 Å². The number of nitrogens with two attached hydrogens (primary N) is 1. The Morgan fingerprint density at radius 1 is 1.40 bits per heavy atom. The summed E-state index contributed by atoms with van der Waals surface area (Å²) in [5, 5.41) is 12.7. The van der Waals surface area contributed by atoms with Crippen molar-refractivity contribution in [1.29, 1.82) is 0 Å². The number of hydrogen-bond donors (Lipinski definition) is 3. The molecule has 1 saturated carbocycles. The number of nitrogens with one attached hydrogen (secondary N) is 1. The van der Waals surface area contributed by atoms with E-state index in [0.717, 1.165) is 0 Å². The highest BCUT2D eigenvalue weighted by Crippen LogP contribution is 2.17. The summed E-state index contributed by atoms with van der Waals surface area (Å²) in [6.07, 6.45) is 6.24. The Kier molecular flexibility index (Phi) is 4.39. The van der Waals surface area contributed by atoms with Gasteiger partial charge in [-0.15, -0.1) is 0 Å². The van der Waals surface area contributed by atoms with E-state index in [9.17, 15) is 5.11 Å². The number of hydrogen-bond acceptors (Lipinski definition) is 2. The van der Waals surface area contributed by atoms with Gasteiger partial charge in [0.05, 0.1) is 12.1 Å². The first-order chi connectivity index (χ1) is 6.97. The first-order valence-electron chi connectivity index (χ1n) is 5.76. The predicted molar refractivity (Wildman–Crippen MR) is 62.8 cm³/mol. The molecule has 1 aliphatic rings. The quantitative estimate of drug-likeness (QED) is 0.484. The van der Waals surface area contributed by atoms with Crippen molar-refractivity contribution in [1.82, 2.24) is 5.32 Å². The van der Waals surface area contributed by atoms with E-state index in [1.165, 1.54) is 32.1 Å². The van der Waals surface area contributed by atoms with Crippen molar-refractivity contribution in [2.24, 2.45) is 10.7 Å². The van der Waals surface area contributed by atoms with Crippen LogP contribution in [0.4, 0.5) is 0 Å². The maximum absolute atomic E-state index is 9.48. The molecule has 88 valence electrons. The smallest absolute Gasteiger partial charge is 0.188 e. The van der Waals surface area contributed by atoms with Crippen LogP contribution in [0.1, 0.15) is 46.0 Å². The predicted octanol–water partition coefficient (Wildman–Crippen LogP) is 0.994. The van der Waals surface area contributed by atoms with E-state index in [4.69, 9.17) is 5.73 Å². The van der Waals surface area contributed by atoms with E-state index in [1.807, 2.05) is 0 Å². The molecule has 0 amide bonds. The van der Waals surface area contributed by atoms with E-state index >= 15 is 0 Å². The number of aliphatic imine (C=N–C) groups is 1. The fourth-order valence-corrected chi connectivity index (χ4v) is 1.78. The van der Waals surface area contributed by atoms with Gasteiger partial charge in [0.1, 0.15) is 0 Å².